The van der Waals surface area contributed by atoms with E-state index in [4.69, 9.17) is 5.26 Å². The SMILES string of the molecule is CN(CCC#N)c1ccccc1[N+](=O)[O-]. The van der Waals surface area contributed by atoms with Gasteiger partial charge in [0.2, 0.25) is 0 Å². The minimum absolute atomic E-state index is 0.0675. The monoisotopic (exact) mass is 205 g/mol. The molecule has 78 valence electrons. The lowest BCUT2D eigenvalue weighted by Gasteiger charge is -2.17. The zero-order valence-electron chi connectivity index (χ0n) is 8.38. The first-order chi connectivity index (χ1) is 7.16. The fraction of sp³-hybridized carbons (Fsp3) is 0.300. The summed E-state index contributed by atoms with van der Waals surface area (Å²) in [6.07, 6.45) is 0.350. The van der Waals surface area contributed by atoms with Crippen molar-refractivity contribution in [3.8, 4) is 6.07 Å². The quantitative estimate of drug-likeness (QED) is 0.556. The smallest absolute Gasteiger partial charge is 0.292 e. The summed E-state index contributed by atoms with van der Waals surface area (Å²) in [4.78, 5) is 12.0. The molecule has 15 heavy (non-hydrogen) atoms. The number of nitro groups is 1. The maximum absolute atomic E-state index is 10.7. The Kier molecular flexibility index (Phi) is 3.63. The summed E-state index contributed by atoms with van der Waals surface area (Å²) in [5.41, 5.74) is 0.607. The highest BCUT2D eigenvalue weighted by Gasteiger charge is 2.15. The molecule has 0 radical (unpaired) electrons. The number of para-hydroxylation sites is 2. The Labute approximate surface area is 87.7 Å². The fourth-order valence-electron chi connectivity index (χ4n) is 1.28. The van der Waals surface area contributed by atoms with Crippen molar-refractivity contribution >= 4 is 11.4 Å². The number of anilines is 1. The number of nitriles is 1. The van der Waals surface area contributed by atoms with Crippen molar-refractivity contribution in [1.29, 1.82) is 5.26 Å². The van der Waals surface area contributed by atoms with E-state index in [1.165, 1.54) is 6.07 Å². The van der Waals surface area contributed by atoms with Crippen LogP contribution >= 0.6 is 0 Å². The van der Waals surface area contributed by atoms with Gasteiger partial charge >= 0.3 is 0 Å². The third-order valence-electron chi connectivity index (χ3n) is 2.05. The molecule has 0 amide bonds. The lowest BCUT2D eigenvalue weighted by atomic mass is 10.2. The van der Waals surface area contributed by atoms with Gasteiger partial charge in [-0.05, 0) is 6.07 Å². The number of rotatable bonds is 4. The van der Waals surface area contributed by atoms with Crippen LogP contribution in [-0.4, -0.2) is 18.5 Å². The Morgan fingerprint density at radius 3 is 2.80 bits per heavy atom. The van der Waals surface area contributed by atoms with E-state index in [9.17, 15) is 10.1 Å². The molecule has 1 rings (SSSR count). The topological polar surface area (TPSA) is 70.2 Å². The van der Waals surface area contributed by atoms with Gasteiger partial charge < -0.3 is 4.90 Å². The third-order valence-corrected chi connectivity index (χ3v) is 2.05. The Hall–Kier alpha value is -2.09. The maximum atomic E-state index is 10.7. The van der Waals surface area contributed by atoms with Gasteiger partial charge in [0.05, 0.1) is 17.4 Å². The molecule has 0 N–H and O–H groups in total. The summed E-state index contributed by atoms with van der Waals surface area (Å²) >= 11 is 0. The average molecular weight is 205 g/mol. The highest BCUT2D eigenvalue weighted by molar-refractivity contribution is 5.62. The van der Waals surface area contributed by atoms with Gasteiger partial charge in [0.15, 0.2) is 0 Å². The lowest BCUT2D eigenvalue weighted by Crippen LogP contribution is -2.19. The molecule has 0 bridgehead atoms. The van der Waals surface area contributed by atoms with Gasteiger partial charge in [-0.3, -0.25) is 10.1 Å². The van der Waals surface area contributed by atoms with Gasteiger partial charge in [0.25, 0.3) is 5.69 Å². The van der Waals surface area contributed by atoms with Crippen molar-refractivity contribution in [2.75, 3.05) is 18.5 Å². The van der Waals surface area contributed by atoms with E-state index in [1.807, 2.05) is 6.07 Å². The van der Waals surface area contributed by atoms with Gasteiger partial charge in [0.1, 0.15) is 5.69 Å². The molecular weight excluding hydrogens is 194 g/mol. The molecule has 0 atom stereocenters. The molecule has 0 aliphatic rings. The highest BCUT2D eigenvalue weighted by atomic mass is 16.6. The van der Waals surface area contributed by atoms with Crippen molar-refractivity contribution in [3.05, 3.63) is 34.4 Å². The van der Waals surface area contributed by atoms with E-state index in [1.54, 1.807) is 30.1 Å². The highest BCUT2D eigenvalue weighted by Crippen LogP contribution is 2.26. The van der Waals surface area contributed by atoms with Crippen molar-refractivity contribution < 1.29 is 4.92 Å². The van der Waals surface area contributed by atoms with Crippen LogP contribution in [0.5, 0.6) is 0 Å². The van der Waals surface area contributed by atoms with Crippen molar-refractivity contribution in [2.24, 2.45) is 0 Å². The Balaban J connectivity index is 2.93. The van der Waals surface area contributed by atoms with Crippen LogP contribution in [-0.2, 0) is 0 Å². The van der Waals surface area contributed by atoms with Gasteiger partial charge in [-0.25, -0.2) is 0 Å². The van der Waals surface area contributed by atoms with Gasteiger partial charge in [-0.2, -0.15) is 5.26 Å². The number of hydrogen-bond donors (Lipinski definition) is 0. The average Bonchev–Trinajstić information content (AvgIpc) is 2.25. The van der Waals surface area contributed by atoms with Gasteiger partial charge in [0, 0.05) is 19.7 Å². The predicted octanol–water partition coefficient (Wildman–Crippen LogP) is 1.94. The molecular formula is C10H11N3O2. The third kappa shape index (κ3) is 2.68. The van der Waals surface area contributed by atoms with Crippen LogP contribution < -0.4 is 4.90 Å². The summed E-state index contributed by atoms with van der Waals surface area (Å²) in [5, 5.41) is 19.1. The molecule has 0 aromatic heterocycles. The number of benzene rings is 1. The molecule has 0 saturated heterocycles. The number of nitro benzene ring substituents is 1. The van der Waals surface area contributed by atoms with E-state index in [2.05, 4.69) is 0 Å². The molecule has 0 aliphatic carbocycles. The summed E-state index contributed by atoms with van der Waals surface area (Å²) in [5.74, 6) is 0. The summed E-state index contributed by atoms with van der Waals surface area (Å²) in [7, 11) is 1.74. The minimum Gasteiger partial charge on any atom is -0.368 e. The first kappa shape index (κ1) is 11.0. The van der Waals surface area contributed by atoms with Gasteiger partial charge in [-0.1, -0.05) is 12.1 Å². The molecule has 0 saturated carbocycles. The summed E-state index contributed by atoms with van der Waals surface area (Å²) in [6, 6.07) is 8.50. The Bertz CT molecular complexity index is 398. The minimum atomic E-state index is -0.418. The van der Waals surface area contributed by atoms with Crippen LogP contribution in [0.1, 0.15) is 6.42 Å². The predicted molar refractivity (Wildman–Crippen MR) is 56.6 cm³/mol. The molecule has 1 aromatic rings. The first-order valence-electron chi connectivity index (χ1n) is 4.48. The van der Waals surface area contributed by atoms with E-state index >= 15 is 0 Å². The van der Waals surface area contributed by atoms with Crippen LogP contribution in [0.4, 0.5) is 11.4 Å². The molecule has 0 aliphatic heterocycles. The zero-order chi connectivity index (χ0) is 11.3. The normalized spacial score (nSPS) is 9.33. The second-order valence-electron chi connectivity index (χ2n) is 3.08. The molecule has 5 heteroatoms. The standard InChI is InChI=1S/C10H11N3O2/c1-12(8-4-7-11)9-5-2-3-6-10(9)13(14)15/h2-3,5-6H,4,8H2,1H3. The largest absolute Gasteiger partial charge is 0.368 e. The van der Waals surface area contributed by atoms with Crippen LogP contribution in [0.15, 0.2) is 24.3 Å². The Morgan fingerprint density at radius 2 is 2.20 bits per heavy atom. The number of hydrogen-bond acceptors (Lipinski definition) is 4. The summed E-state index contributed by atoms with van der Waals surface area (Å²) in [6.45, 7) is 0.487. The van der Waals surface area contributed by atoms with E-state index in [-0.39, 0.29) is 5.69 Å². The fourth-order valence-corrected chi connectivity index (χ4v) is 1.28. The van der Waals surface area contributed by atoms with Crippen LogP contribution in [0, 0.1) is 21.4 Å². The van der Waals surface area contributed by atoms with Crippen molar-refractivity contribution in [2.45, 2.75) is 6.42 Å². The molecule has 1 aromatic carbocycles. The van der Waals surface area contributed by atoms with E-state index < -0.39 is 4.92 Å². The van der Waals surface area contributed by atoms with Crippen LogP contribution in [0.2, 0.25) is 0 Å². The second-order valence-corrected chi connectivity index (χ2v) is 3.08. The molecule has 5 nitrogen and oxygen atoms in total. The number of nitrogens with zero attached hydrogens (tertiary/aromatic N) is 3. The van der Waals surface area contributed by atoms with E-state index in [0.29, 0.717) is 18.7 Å². The summed E-state index contributed by atoms with van der Waals surface area (Å²) < 4.78 is 0. The molecule has 0 fully saturated rings. The van der Waals surface area contributed by atoms with Gasteiger partial charge in [-0.15, -0.1) is 0 Å². The van der Waals surface area contributed by atoms with Crippen molar-refractivity contribution in [3.63, 3.8) is 0 Å². The van der Waals surface area contributed by atoms with E-state index in [0.717, 1.165) is 0 Å². The molecule has 0 heterocycles. The second kappa shape index (κ2) is 4.96. The molecule has 0 unspecified atom stereocenters. The molecule has 0 spiro atoms. The Morgan fingerprint density at radius 1 is 1.53 bits per heavy atom. The maximum Gasteiger partial charge on any atom is 0.292 e. The zero-order valence-corrected chi connectivity index (χ0v) is 8.38. The van der Waals surface area contributed by atoms with Crippen LogP contribution in [0.25, 0.3) is 0 Å². The lowest BCUT2D eigenvalue weighted by molar-refractivity contribution is -0.384. The first-order valence-corrected chi connectivity index (χ1v) is 4.48. The van der Waals surface area contributed by atoms with Crippen LogP contribution in [0.3, 0.4) is 0 Å². The van der Waals surface area contributed by atoms with Crippen molar-refractivity contribution in [1.82, 2.24) is 0 Å².